The van der Waals surface area contributed by atoms with Gasteiger partial charge < -0.3 is 0 Å². The molecule has 406 valence electrons. The molecule has 4 nitrogen and oxygen atoms in total. The Morgan fingerprint density at radius 2 is 0.740 bits per heavy atom. The normalized spacial score (nSPS) is 21.4. The molecule has 0 saturated carbocycles. The van der Waals surface area contributed by atoms with Gasteiger partial charge in [0.05, 0.1) is 0 Å². The average Bonchev–Trinajstić information content (AvgIpc) is 0.773. The Labute approximate surface area is 510 Å². The van der Waals surface area contributed by atoms with Gasteiger partial charge in [0.25, 0.3) is 0 Å². The molecular formula is C73H98N4+4. The summed E-state index contributed by atoms with van der Waals surface area (Å²) in [6, 6.07) is 27.5. The predicted octanol–water partition coefficient (Wildman–Crippen LogP) is 17.2. The molecule has 4 heterocycles. The van der Waals surface area contributed by atoms with Crippen LogP contribution in [0.25, 0.3) is 45.0 Å². The van der Waals surface area contributed by atoms with E-state index in [4.69, 9.17) is 41.1 Å². The van der Waals surface area contributed by atoms with Gasteiger partial charge in [0.2, 0.25) is 22.8 Å². The van der Waals surface area contributed by atoms with Gasteiger partial charge in [-0.05, 0) is 221 Å². The van der Waals surface area contributed by atoms with E-state index in [0.717, 1.165) is 72.8 Å². The molecule has 0 aliphatic heterocycles. The number of nitrogens with zero attached hydrogens (tertiary/aromatic N) is 4. The molecule has 4 aromatic heterocycles. The summed E-state index contributed by atoms with van der Waals surface area (Å²) in [5.74, 6) is -6.86. The highest BCUT2D eigenvalue weighted by atomic mass is 14.9. The van der Waals surface area contributed by atoms with Crippen LogP contribution < -0.4 is 18.3 Å². The molecule has 0 bridgehead atoms. The van der Waals surface area contributed by atoms with Gasteiger partial charge in [-0.1, -0.05) is 86.2 Å². The topological polar surface area (TPSA) is 15.5 Å². The highest BCUT2D eigenvalue weighted by Gasteiger charge is 2.20. The van der Waals surface area contributed by atoms with E-state index < -0.39 is 84.8 Å². The molecule has 0 aliphatic carbocycles. The molecule has 4 aromatic carbocycles. The Bertz CT molecular complexity index is 4430. The van der Waals surface area contributed by atoms with Crippen molar-refractivity contribution in [2.75, 3.05) is 0 Å². The maximum absolute atomic E-state index is 8.39. The number of hydrogen-bond acceptors (Lipinski definition) is 0. The third-order valence-corrected chi connectivity index (χ3v) is 13.7. The van der Waals surface area contributed by atoms with Crippen molar-refractivity contribution in [2.45, 2.75) is 168 Å². The van der Waals surface area contributed by atoms with E-state index in [-0.39, 0.29) is 16.7 Å². The quantitative estimate of drug-likeness (QED) is 0.128. The average molecular weight is 1060 g/mol. The minimum atomic E-state index is -2.77. The van der Waals surface area contributed by atoms with Crippen molar-refractivity contribution >= 4 is 0 Å². The van der Waals surface area contributed by atoms with Crippen molar-refractivity contribution in [1.29, 1.82) is 0 Å². The van der Waals surface area contributed by atoms with Gasteiger partial charge in [-0.25, -0.2) is 18.3 Å². The van der Waals surface area contributed by atoms with Crippen LogP contribution in [0.1, 0.15) is 216 Å². The van der Waals surface area contributed by atoms with Crippen LogP contribution in [0.4, 0.5) is 0 Å². The summed E-state index contributed by atoms with van der Waals surface area (Å²) in [6.07, 6.45) is 3.98. The summed E-state index contributed by atoms with van der Waals surface area (Å²) in [7, 11) is 7.11. The van der Waals surface area contributed by atoms with E-state index in [9.17, 15) is 0 Å². The molecule has 0 spiro atoms. The van der Waals surface area contributed by atoms with E-state index in [0.29, 0.717) is 44.5 Å². The van der Waals surface area contributed by atoms with Crippen molar-refractivity contribution in [1.82, 2.24) is 0 Å². The maximum atomic E-state index is 8.39. The van der Waals surface area contributed by atoms with Crippen molar-refractivity contribution in [3.8, 4) is 45.0 Å². The van der Waals surface area contributed by atoms with Crippen molar-refractivity contribution in [2.24, 2.45) is 28.2 Å². The molecule has 0 saturated heterocycles. The van der Waals surface area contributed by atoms with Crippen LogP contribution in [-0.4, -0.2) is 0 Å². The molecule has 4 unspecified atom stereocenters. The lowest BCUT2D eigenvalue weighted by Gasteiger charge is -2.14. The molecule has 8 aromatic rings. The highest BCUT2D eigenvalue weighted by molar-refractivity contribution is 5.66. The maximum Gasteiger partial charge on any atom is 0.212 e. The SMILES string of the molecule is [2H]C([2H])([2H])C([2H])(C)c1ccc(-c2cc(C)c(C([2H])(C)C([2H])([2H])[2H])cc2C)[n+](C)c1.[2H]C([2H])([2H])c1cc(C)c(-c2ccc(C([2H])(C)C([2H])([2H])[2H])c[n+]2C)cc1C.[2H]C([2H])([2H])c1ccc(-c2cc(C)c(C([2H])(C)C([2H])([2H])[2H])cc2C)[n+](C)c1.[2H]C([2H])([2H])c1ccc(-c2cc(C)c(C([2H])([2H])C([2H])([2H])[2H])cc2C)[n+](C)c1. The molecule has 8 rings (SSSR count). The largest absolute Gasteiger partial charge is 0.212 e. The number of benzene rings is 4. The minimum absolute atomic E-state index is 0.139. The van der Waals surface area contributed by atoms with Crippen LogP contribution in [0.2, 0.25) is 0 Å². The summed E-state index contributed by atoms with van der Waals surface area (Å²) in [5, 5.41) is 0. The summed E-state index contributed by atoms with van der Waals surface area (Å²) >= 11 is 0. The first-order valence-electron chi connectivity index (χ1n) is 40.4. The molecule has 0 N–H and O–H groups in total. The van der Waals surface area contributed by atoms with Crippen LogP contribution in [0.15, 0.2) is 122 Å². The van der Waals surface area contributed by atoms with Gasteiger partial charge in [0, 0.05) is 110 Å². The molecular weight excluding hydrogens is 933 g/mol. The molecule has 77 heavy (non-hydrogen) atoms. The van der Waals surface area contributed by atoms with Gasteiger partial charge in [0.1, 0.15) is 28.2 Å². The first kappa shape index (κ1) is 31.2. The number of pyridine rings is 4. The van der Waals surface area contributed by atoms with E-state index in [1.165, 1.54) is 27.7 Å². The van der Waals surface area contributed by atoms with Gasteiger partial charge in [-0.3, -0.25) is 0 Å². The summed E-state index contributed by atoms with van der Waals surface area (Å²) in [6.45, 7) is 0.919. The Morgan fingerprint density at radius 3 is 1.10 bits per heavy atom. The first-order valence-corrected chi connectivity index (χ1v) is 25.4. The van der Waals surface area contributed by atoms with Gasteiger partial charge in [-0.15, -0.1) is 0 Å². The Kier molecular flexibility index (Phi) is 10.8. The fourth-order valence-electron chi connectivity index (χ4n) is 9.30. The third-order valence-electron chi connectivity index (χ3n) is 13.7. The molecule has 0 amide bonds. The van der Waals surface area contributed by atoms with Gasteiger partial charge in [-0.2, -0.15) is 0 Å². The van der Waals surface area contributed by atoms with Gasteiger partial charge in [0.15, 0.2) is 24.8 Å². The monoisotopic (exact) mass is 1060 g/mol. The van der Waals surface area contributed by atoms with Crippen LogP contribution in [0.3, 0.4) is 0 Å². The fraction of sp³-hybridized carbons (Fsp3) is 0.397. The Hall–Kier alpha value is -6.52. The highest BCUT2D eigenvalue weighted by Crippen LogP contribution is 2.31. The van der Waals surface area contributed by atoms with E-state index in [1.54, 1.807) is 185 Å². The molecule has 0 aliphatic rings. The Balaban J connectivity index is 0.000000256. The van der Waals surface area contributed by atoms with E-state index in [1.807, 2.05) is 39.0 Å². The molecule has 4 atom stereocenters. The zero-order valence-electron chi connectivity index (χ0n) is 77.8. The first-order chi connectivity index (χ1) is 47.9. The van der Waals surface area contributed by atoms with Gasteiger partial charge >= 0.3 is 0 Å². The second-order valence-electron chi connectivity index (χ2n) is 20.2. The zero-order chi connectivity index (χ0) is 82.8. The minimum Gasteiger partial charge on any atom is -0.201 e. The number of aromatic nitrogens is 4. The third kappa shape index (κ3) is 15.4. The smallest absolute Gasteiger partial charge is 0.201 e. The lowest BCUT2D eigenvalue weighted by Crippen LogP contribution is -2.31. The molecule has 0 fully saturated rings. The van der Waals surface area contributed by atoms with Crippen molar-refractivity contribution in [3.05, 3.63) is 211 Å². The van der Waals surface area contributed by atoms with Crippen LogP contribution in [-0.2, 0) is 34.6 Å². The summed E-state index contributed by atoms with van der Waals surface area (Å²) < 4.78 is 238. The lowest BCUT2D eigenvalue weighted by molar-refractivity contribution is -0.661. The van der Waals surface area contributed by atoms with Crippen LogP contribution >= 0.6 is 0 Å². The number of rotatable bonds is 9. The van der Waals surface area contributed by atoms with E-state index >= 15 is 0 Å². The fourth-order valence-corrected chi connectivity index (χ4v) is 9.30. The van der Waals surface area contributed by atoms with E-state index in [2.05, 4.69) is 0 Å². The molecule has 4 heteroatoms. The molecule has 0 radical (unpaired) electrons. The lowest BCUT2D eigenvalue weighted by atomic mass is 9.91. The predicted molar refractivity (Wildman–Crippen MR) is 330 cm³/mol. The standard InChI is InChI=1S/C20H28N.2C18H24N.C17H22N/c1-13(2)17-8-9-20(21(7)12-17)19-11-15(5)18(14(3)4)10-16(19)6;1-12(2)16-7-8-18(19(6)11-16)17-10-14(4)13(3)9-15(17)5;1-12(2)16-9-15(5)17(10-14(16)4)18-8-7-13(3)11-19(18)6;1-6-15-9-14(4)16(10-13(15)3)17-8-7-12(2)11-18(17)5/h8-14H,1-7H3;2*7-12H,1-6H3;7-11H,6H2,1-5H3/q4*+1/i1D3,3D3,13D,14D;2*1D3,3D3,12D;1D3,2D3,6D2. The van der Waals surface area contributed by atoms with Crippen molar-refractivity contribution < 1.29 is 59.4 Å². The second-order valence-corrected chi connectivity index (χ2v) is 20.2. The second kappa shape index (κ2) is 26.7. The Morgan fingerprint density at radius 1 is 0.377 bits per heavy atom. The van der Waals surface area contributed by atoms with Crippen LogP contribution in [0, 0.1) is 75.9 Å². The number of hydrogen-bond donors (Lipinski definition) is 0. The van der Waals surface area contributed by atoms with Crippen LogP contribution in [0.5, 0.6) is 0 Å². The summed E-state index contributed by atoms with van der Waals surface area (Å²) in [4.78, 5) is 0. The zero-order valence-corrected chi connectivity index (χ0v) is 47.8. The van der Waals surface area contributed by atoms with Crippen molar-refractivity contribution in [3.63, 3.8) is 0 Å². The number of aryl methyl sites for hydroxylation is 16. The summed E-state index contributed by atoms with van der Waals surface area (Å²) in [5.41, 5.74) is 15.2.